The largest absolute Gasteiger partial charge is 0.481 e. The van der Waals surface area contributed by atoms with Gasteiger partial charge in [-0.2, -0.15) is 0 Å². The number of carbonyl (C=O) groups excluding carboxylic acids is 1. The van der Waals surface area contributed by atoms with Crippen molar-refractivity contribution in [3.05, 3.63) is 53.4 Å². The van der Waals surface area contributed by atoms with Crippen LogP contribution in [-0.2, 0) is 11.3 Å². The average molecular weight is 280 g/mol. The molecule has 2 rings (SSSR count). The number of benzene rings is 1. The Morgan fingerprint density at radius 2 is 2.26 bits per heavy atom. The summed E-state index contributed by atoms with van der Waals surface area (Å²) in [5.41, 5.74) is 0. The molecule has 100 valence electrons. The van der Waals surface area contributed by atoms with E-state index in [1.54, 1.807) is 49.6 Å². The molecule has 0 spiro atoms. The third kappa shape index (κ3) is 4.03. The van der Waals surface area contributed by atoms with Crippen molar-refractivity contribution in [2.75, 3.05) is 0 Å². The number of nitrogens with one attached hydrogen (secondary N) is 1. The van der Waals surface area contributed by atoms with Crippen LogP contribution in [0.25, 0.3) is 0 Å². The maximum Gasteiger partial charge on any atom is 0.261 e. The molecule has 1 heterocycles. The molecule has 1 unspecified atom stereocenters. The lowest BCUT2D eigenvalue weighted by atomic mass is 10.3. The molecule has 0 fully saturated rings. The molecule has 5 heteroatoms. The normalized spacial score (nSPS) is 11.9. The van der Waals surface area contributed by atoms with Crippen molar-refractivity contribution in [1.82, 2.24) is 5.32 Å². The number of rotatable bonds is 5. The van der Waals surface area contributed by atoms with Crippen molar-refractivity contribution >= 4 is 17.5 Å². The minimum Gasteiger partial charge on any atom is -0.481 e. The standard InChI is InChI=1S/C14H14ClNO3/c1-10(19-12-5-2-4-11(15)8-12)14(17)16-9-13-6-3-7-18-13/h2-8,10H,9H2,1H3,(H,16,17). The Bertz CT molecular complexity index is 539. The number of furan rings is 1. The van der Waals surface area contributed by atoms with E-state index in [2.05, 4.69) is 5.32 Å². The molecule has 0 aliphatic carbocycles. The molecule has 0 aliphatic rings. The van der Waals surface area contributed by atoms with Crippen LogP contribution in [-0.4, -0.2) is 12.0 Å². The highest BCUT2D eigenvalue weighted by molar-refractivity contribution is 6.30. The van der Waals surface area contributed by atoms with Crippen molar-refractivity contribution in [2.24, 2.45) is 0 Å². The summed E-state index contributed by atoms with van der Waals surface area (Å²) in [6.07, 6.45) is 0.960. The summed E-state index contributed by atoms with van der Waals surface area (Å²) >= 11 is 5.84. The van der Waals surface area contributed by atoms with E-state index < -0.39 is 6.10 Å². The minimum absolute atomic E-state index is 0.212. The fourth-order valence-corrected chi connectivity index (χ4v) is 1.71. The number of halogens is 1. The van der Waals surface area contributed by atoms with Crippen LogP contribution >= 0.6 is 11.6 Å². The number of ether oxygens (including phenoxy) is 1. The first-order valence-electron chi connectivity index (χ1n) is 5.87. The van der Waals surface area contributed by atoms with Gasteiger partial charge in [-0.15, -0.1) is 0 Å². The number of hydrogen-bond donors (Lipinski definition) is 1. The van der Waals surface area contributed by atoms with E-state index in [1.807, 2.05) is 0 Å². The third-order valence-electron chi connectivity index (χ3n) is 2.50. The monoisotopic (exact) mass is 279 g/mol. The second-order valence-corrected chi connectivity index (χ2v) is 4.45. The first-order valence-corrected chi connectivity index (χ1v) is 6.25. The van der Waals surface area contributed by atoms with Crippen molar-refractivity contribution in [3.8, 4) is 5.75 Å². The molecule has 0 bridgehead atoms. The van der Waals surface area contributed by atoms with Gasteiger partial charge < -0.3 is 14.5 Å². The van der Waals surface area contributed by atoms with Crippen LogP contribution in [0.3, 0.4) is 0 Å². The van der Waals surface area contributed by atoms with E-state index in [-0.39, 0.29) is 5.91 Å². The van der Waals surface area contributed by atoms with Gasteiger partial charge in [-0.05, 0) is 37.3 Å². The predicted molar refractivity (Wildman–Crippen MR) is 72.1 cm³/mol. The summed E-state index contributed by atoms with van der Waals surface area (Å²) in [6.45, 7) is 2.02. The van der Waals surface area contributed by atoms with Crippen LogP contribution in [0.5, 0.6) is 5.75 Å². The van der Waals surface area contributed by atoms with E-state index in [4.69, 9.17) is 20.8 Å². The zero-order valence-electron chi connectivity index (χ0n) is 10.4. The van der Waals surface area contributed by atoms with E-state index in [9.17, 15) is 4.79 Å². The summed E-state index contributed by atoms with van der Waals surface area (Å²) in [7, 11) is 0. The lowest BCUT2D eigenvalue weighted by molar-refractivity contribution is -0.127. The molecular weight excluding hydrogens is 266 g/mol. The molecule has 1 N–H and O–H groups in total. The molecule has 4 nitrogen and oxygen atoms in total. The molecule has 1 aromatic heterocycles. The fraction of sp³-hybridized carbons (Fsp3) is 0.214. The first-order chi connectivity index (χ1) is 9.15. The third-order valence-corrected chi connectivity index (χ3v) is 2.73. The van der Waals surface area contributed by atoms with Crippen LogP contribution in [0.4, 0.5) is 0 Å². The second-order valence-electron chi connectivity index (χ2n) is 4.01. The number of hydrogen-bond acceptors (Lipinski definition) is 3. The van der Waals surface area contributed by atoms with E-state index >= 15 is 0 Å². The van der Waals surface area contributed by atoms with Crippen LogP contribution in [0.15, 0.2) is 47.1 Å². The van der Waals surface area contributed by atoms with Crippen molar-refractivity contribution in [3.63, 3.8) is 0 Å². The molecule has 1 amide bonds. The molecule has 0 radical (unpaired) electrons. The highest BCUT2D eigenvalue weighted by Crippen LogP contribution is 2.18. The Balaban J connectivity index is 1.85. The molecule has 0 aliphatic heterocycles. The summed E-state index contributed by atoms with van der Waals surface area (Å²) < 4.78 is 10.6. The van der Waals surface area contributed by atoms with Crippen LogP contribution in [0.2, 0.25) is 5.02 Å². The van der Waals surface area contributed by atoms with Crippen LogP contribution < -0.4 is 10.1 Å². The summed E-state index contributed by atoms with van der Waals surface area (Å²) in [4.78, 5) is 11.8. The van der Waals surface area contributed by atoms with Crippen molar-refractivity contribution in [1.29, 1.82) is 0 Å². The lowest BCUT2D eigenvalue weighted by Gasteiger charge is -2.14. The molecule has 1 atom stereocenters. The molecule has 1 aromatic carbocycles. The van der Waals surface area contributed by atoms with Gasteiger partial charge in [0.15, 0.2) is 6.10 Å². The molecular formula is C14H14ClNO3. The summed E-state index contributed by atoms with van der Waals surface area (Å²) in [6, 6.07) is 10.5. The van der Waals surface area contributed by atoms with Gasteiger partial charge in [-0.25, -0.2) is 0 Å². The molecule has 0 saturated carbocycles. The molecule has 2 aromatic rings. The molecule has 19 heavy (non-hydrogen) atoms. The highest BCUT2D eigenvalue weighted by Gasteiger charge is 2.14. The zero-order chi connectivity index (χ0) is 13.7. The van der Waals surface area contributed by atoms with Gasteiger partial charge in [-0.1, -0.05) is 17.7 Å². The van der Waals surface area contributed by atoms with Crippen LogP contribution in [0.1, 0.15) is 12.7 Å². The smallest absolute Gasteiger partial charge is 0.261 e. The topological polar surface area (TPSA) is 51.5 Å². The Kier molecular flexibility index (Phi) is 4.47. The van der Waals surface area contributed by atoms with Crippen molar-refractivity contribution < 1.29 is 13.9 Å². The van der Waals surface area contributed by atoms with E-state index in [0.29, 0.717) is 23.1 Å². The maximum atomic E-state index is 11.8. The Morgan fingerprint density at radius 3 is 2.95 bits per heavy atom. The predicted octanol–water partition coefficient (Wildman–Crippen LogP) is 3.02. The minimum atomic E-state index is -0.603. The van der Waals surface area contributed by atoms with E-state index in [0.717, 1.165) is 0 Å². The number of carbonyl (C=O) groups is 1. The quantitative estimate of drug-likeness (QED) is 0.915. The van der Waals surface area contributed by atoms with E-state index in [1.165, 1.54) is 0 Å². The lowest BCUT2D eigenvalue weighted by Crippen LogP contribution is -2.35. The maximum absolute atomic E-state index is 11.8. The fourth-order valence-electron chi connectivity index (χ4n) is 1.53. The van der Waals surface area contributed by atoms with Gasteiger partial charge in [-0.3, -0.25) is 4.79 Å². The highest BCUT2D eigenvalue weighted by atomic mass is 35.5. The van der Waals surface area contributed by atoms with Crippen LogP contribution in [0, 0.1) is 0 Å². The van der Waals surface area contributed by atoms with Gasteiger partial charge in [0.05, 0.1) is 12.8 Å². The van der Waals surface area contributed by atoms with Gasteiger partial charge >= 0.3 is 0 Å². The summed E-state index contributed by atoms with van der Waals surface area (Å²) in [5.74, 6) is 1.05. The zero-order valence-corrected chi connectivity index (χ0v) is 11.2. The average Bonchev–Trinajstić information content (AvgIpc) is 2.89. The van der Waals surface area contributed by atoms with Gasteiger partial charge in [0.1, 0.15) is 11.5 Å². The first kappa shape index (κ1) is 13.5. The molecule has 0 saturated heterocycles. The van der Waals surface area contributed by atoms with Gasteiger partial charge in [0.2, 0.25) is 0 Å². The van der Waals surface area contributed by atoms with Crippen molar-refractivity contribution in [2.45, 2.75) is 19.6 Å². The number of amides is 1. The summed E-state index contributed by atoms with van der Waals surface area (Å²) in [5, 5.41) is 3.30. The van der Waals surface area contributed by atoms with Gasteiger partial charge in [0, 0.05) is 5.02 Å². The Morgan fingerprint density at radius 1 is 1.42 bits per heavy atom. The Labute approximate surface area is 116 Å². The SMILES string of the molecule is CC(Oc1cccc(Cl)c1)C(=O)NCc1ccco1. The van der Waals surface area contributed by atoms with Gasteiger partial charge in [0.25, 0.3) is 5.91 Å². The Hall–Kier alpha value is -1.94. The second kappa shape index (κ2) is 6.29.